The Morgan fingerprint density at radius 1 is 1.35 bits per heavy atom. The fourth-order valence-corrected chi connectivity index (χ4v) is 2.25. The van der Waals surface area contributed by atoms with Gasteiger partial charge in [0.2, 0.25) is 0 Å². The molecule has 2 rings (SSSR count). The van der Waals surface area contributed by atoms with Gasteiger partial charge in [-0.3, -0.25) is 4.98 Å². The monoisotopic (exact) mass is 247 g/mol. The lowest BCUT2D eigenvalue weighted by atomic mass is 10.1. The molecule has 1 heterocycles. The van der Waals surface area contributed by atoms with Crippen molar-refractivity contribution in [1.29, 1.82) is 0 Å². The van der Waals surface area contributed by atoms with Gasteiger partial charge in [-0.1, -0.05) is 6.07 Å². The average molecular weight is 247 g/mol. The highest BCUT2D eigenvalue weighted by molar-refractivity contribution is 7.09. The summed E-state index contributed by atoms with van der Waals surface area (Å²) in [6.45, 7) is 2.96. The topological polar surface area (TPSA) is 28.2 Å². The second kappa shape index (κ2) is 5.19. The van der Waals surface area contributed by atoms with E-state index in [1.807, 2.05) is 11.7 Å². The maximum Gasteiger partial charge on any atom is 0.0794 e. The summed E-state index contributed by atoms with van der Waals surface area (Å²) < 4.78 is 0. The molecule has 0 aliphatic rings. The molecule has 0 amide bonds. The van der Waals surface area contributed by atoms with Gasteiger partial charge in [-0.15, -0.1) is 11.3 Å². The zero-order valence-corrected chi connectivity index (χ0v) is 11.2. The Bertz CT molecular complexity index is 477. The predicted octanol–water partition coefficient (Wildman–Crippen LogP) is 3.13. The Labute approximate surface area is 106 Å². The quantitative estimate of drug-likeness (QED) is 0.899. The van der Waals surface area contributed by atoms with E-state index in [4.69, 9.17) is 0 Å². The van der Waals surface area contributed by atoms with Crippen LogP contribution in [0.2, 0.25) is 0 Å². The number of benzene rings is 1. The van der Waals surface area contributed by atoms with Crippen molar-refractivity contribution in [3.63, 3.8) is 0 Å². The van der Waals surface area contributed by atoms with Crippen molar-refractivity contribution in [1.82, 2.24) is 4.98 Å². The third-order valence-electron chi connectivity index (χ3n) is 2.64. The van der Waals surface area contributed by atoms with E-state index < -0.39 is 0 Å². The average Bonchev–Trinajstić information content (AvgIpc) is 2.80. The molecular formula is C13H17N3S. The normalized spacial score (nSPS) is 10.3. The van der Waals surface area contributed by atoms with Crippen molar-refractivity contribution in [3.05, 3.63) is 40.3 Å². The standard InChI is InChI=1S/C13H17N3S/c1-10-4-5-11(6-13(10)16(2)3)15-8-12-7-14-9-17-12/h4-7,9,15H,8H2,1-3H3. The molecule has 0 saturated heterocycles. The molecule has 4 heteroatoms. The van der Waals surface area contributed by atoms with Gasteiger partial charge in [-0.2, -0.15) is 0 Å². The molecule has 0 aliphatic heterocycles. The van der Waals surface area contributed by atoms with Gasteiger partial charge in [0.15, 0.2) is 0 Å². The molecule has 1 aromatic carbocycles. The number of rotatable bonds is 4. The number of hydrogen-bond donors (Lipinski definition) is 1. The van der Waals surface area contributed by atoms with Crippen LogP contribution in [0.25, 0.3) is 0 Å². The summed E-state index contributed by atoms with van der Waals surface area (Å²) in [6.07, 6.45) is 1.90. The Balaban J connectivity index is 2.09. The van der Waals surface area contributed by atoms with E-state index in [0.717, 1.165) is 12.2 Å². The minimum Gasteiger partial charge on any atom is -0.380 e. The van der Waals surface area contributed by atoms with Crippen LogP contribution >= 0.6 is 11.3 Å². The summed E-state index contributed by atoms with van der Waals surface area (Å²) in [5.74, 6) is 0. The lowest BCUT2D eigenvalue weighted by Crippen LogP contribution is -2.10. The minimum atomic E-state index is 0.834. The van der Waals surface area contributed by atoms with Gasteiger partial charge in [0.25, 0.3) is 0 Å². The first-order valence-corrected chi connectivity index (χ1v) is 6.44. The van der Waals surface area contributed by atoms with E-state index in [1.165, 1.54) is 16.1 Å². The number of aromatic nitrogens is 1. The van der Waals surface area contributed by atoms with Crippen LogP contribution in [0.3, 0.4) is 0 Å². The van der Waals surface area contributed by atoms with Crippen LogP contribution in [-0.2, 0) is 6.54 Å². The maximum atomic E-state index is 4.06. The lowest BCUT2D eigenvalue weighted by Gasteiger charge is -2.17. The van der Waals surface area contributed by atoms with Gasteiger partial charge < -0.3 is 10.2 Å². The first-order valence-electron chi connectivity index (χ1n) is 5.56. The molecule has 3 nitrogen and oxygen atoms in total. The highest BCUT2D eigenvalue weighted by Gasteiger charge is 2.02. The van der Waals surface area contributed by atoms with Crippen LogP contribution in [0, 0.1) is 6.92 Å². The van der Waals surface area contributed by atoms with E-state index in [0.29, 0.717) is 0 Å². The van der Waals surface area contributed by atoms with E-state index in [-0.39, 0.29) is 0 Å². The van der Waals surface area contributed by atoms with Gasteiger partial charge in [0.05, 0.1) is 12.1 Å². The van der Waals surface area contributed by atoms with Gasteiger partial charge >= 0.3 is 0 Å². The molecule has 1 aromatic heterocycles. The summed E-state index contributed by atoms with van der Waals surface area (Å²) in [6, 6.07) is 6.43. The molecule has 17 heavy (non-hydrogen) atoms. The SMILES string of the molecule is Cc1ccc(NCc2cncs2)cc1N(C)C. The van der Waals surface area contributed by atoms with Gasteiger partial charge in [-0.25, -0.2) is 0 Å². The third-order valence-corrected chi connectivity index (χ3v) is 3.42. The minimum absolute atomic E-state index is 0.834. The largest absolute Gasteiger partial charge is 0.380 e. The van der Waals surface area contributed by atoms with Crippen LogP contribution < -0.4 is 10.2 Å². The second-order valence-electron chi connectivity index (χ2n) is 4.22. The Hall–Kier alpha value is -1.55. The zero-order valence-electron chi connectivity index (χ0n) is 10.4. The van der Waals surface area contributed by atoms with Crippen LogP contribution in [0.15, 0.2) is 29.9 Å². The third kappa shape index (κ3) is 2.97. The molecule has 0 radical (unpaired) electrons. The Morgan fingerprint density at radius 2 is 2.18 bits per heavy atom. The fraction of sp³-hybridized carbons (Fsp3) is 0.308. The first kappa shape index (κ1) is 11.9. The summed E-state index contributed by atoms with van der Waals surface area (Å²) >= 11 is 1.67. The van der Waals surface area contributed by atoms with Crippen molar-refractivity contribution in [3.8, 4) is 0 Å². The molecule has 0 saturated carbocycles. The molecule has 0 unspecified atom stereocenters. The van der Waals surface area contributed by atoms with E-state index in [2.05, 4.69) is 54.4 Å². The molecule has 0 spiro atoms. The number of thiazole rings is 1. The Kier molecular flexibility index (Phi) is 3.64. The molecule has 0 atom stereocenters. The number of anilines is 2. The number of nitrogens with zero attached hydrogens (tertiary/aromatic N) is 2. The van der Waals surface area contributed by atoms with Crippen molar-refractivity contribution < 1.29 is 0 Å². The molecule has 2 aromatic rings. The number of hydrogen-bond acceptors (Lipinski definition) is 4. The smallest absolute Gasteiger partial charge is 0.0794 e. The second-order valence-corrected chi connectivity index (χ2v) is 5.19. The van der Waals surface area contributed by atoms with Crippen LogP contribution in [0.1, 0.15) is 10.4 Å². The zero-order chi connectivity index (χ0) is 12.3. The summed E-state index contributed by atoms with van der Waals surface area (Å²) in [7, 11) is 4.13. The van der Waals surface area contributed by atoms with Crippen molar-refractivity contribution in [2.75, 3.05) is 24.3 Å². The summed E-state index contributed by atoms with van der Waals surface area (Å²) in [5.41, 5.74) is 5.54. The van der Waals surface area contributed by atoms with E-state index in [9.17, 15) is 0 Å². The molecule has 90 valence electrons. The molecule has 0 bridgehead atoms. The van der Waals surface area contributed by atoms with Crippen molar-refractivity contribution >= 4 is 22.7 Å². The van der Waals surface area contributed by atoms with Crippen LogP contribution in [0.5, 0.6) is 0 Å². The number of nitrogens with one attached hydrogen (secondary N) is 1. The number of aryl methyl sites for hydroxylation is 1. The van der Waals surface area contributed by atoms with E-state index in [1.54, 1.807) is 11.3 Å². The summed E-state index contributed by atoms with van der Waals surface area (Å²) in [5, 5.41) is 3.41. The van der Waals surface area contributed by atoms with Gasteiger partial charge in [0, 0.05) is 36.5 Å². The fourth-order valence-electron chi connectivity index (χ4n) is 1.72. The lowest BCUT2D eigenvalue weighted by molar-refractivity contribution is 1.11. The Morgan fingerprint density at radius 3 is 2.82 bits per heavy atom. The van der Waals surface area contributed by atoms with Crippen molar-refractivity contribution in [2.24, 2.45) is 0 Å². The maximum absolute atomic E-state index is 4.06. The highest BCUT2D eigenvalue weighted by atomic mass is 32.1. The van der Waals surface area contributed by atoms with Gasteiger partial charge in [-0.05, 0) is 24.6 Å². The van der Waals surface area contributed by atoms with Gasteiger partial charge in [0.1, 0.15) is 0 Å². The van der Waals surface area contributed by atoms with Crippen molar-refractivity contribution in [2.45, 2.75) is 13.5 Å². The molecular weight excluding hydrogens is 230 g/mol. The van der Waals surface area contributed by atoms with Crippen LogP contribution in [0.4, 0.5) is 11.4 Å². The molecule has 0 aliphatic carbocycles. The van der Waals surface area contributed by atoms with E-state index >= 15 is 0 Å². The van der Waals surface area contributed by atoms with Crippen LogP contribution in [-0.4, -0.2) is 19.1 Å². The molecule has 0 fully saturated rings. The highest BCUT2D eigenvalue weighted by Crippen LogP contribution is 2.23. The molecule has 1 N–H and O–H groups in total. The predicted molar refractivity (Wildman–Crippen MR) is 74.9 cm³/mol. The summed E-state index contributed by atoms with van der Waals surface area (Å²) in [4.78, 5) is 7.44. The first-order chi connectivity index (χ1) is 8.16.